The molecule has 0 aliphatic rings. The zero-order chi connectivity index (χ0) is 14.7. The van der Waals surface area contributed by atoms with Gasteiger partial charge in [-0.3, -0.25) is 4.99 Å². The maximum Gasteiger partial charge on any atom is 0.191 e. The molecule has 0 bridgehead atoms. The number of halogens is 1. The molecule has 6 heteroatoms. The van der Waals surface area contributed by atoms with E-state index in [-0.39, 0.29) is 29.4 Å². The molecule has 0 atom stereocenters. The molecule has 0 aliphatic carbocycles. The maximum atomic E-state index is 5.31. The van der Waals surface area contributed by atoms with Crippen LogP contribution < -0.4 is 10.6 Å². The van der Waals surface area contributed by atoms with Gasteiger partial charge in [0.2, 0.25) is 0 Å². The Labute approximate surface area is 141 Å². The van der Waals surface area contributed by atoms with Crippen LogP contribution in [0.5, 0.6) is 0 Å². The van der Waals surface area contributed by atoms with Gasteiger partial charge in [0, 0.05) is 32.8 Å². The summed E-state index contributed by atoms with van der Waals surface area (Å²) >= 11 is 0. The van der Waals surface area contributed by atoms with E-state index in [1.807, 2.05) is 6.92 Å². The van der Waals surface area contributed by atoms with E-state index in [9.17, 15) is 0 Å². The van der Waals surface area contributed by atoms with Crippen molar-refractivity contribution in [1.82, 2.24) is 15.5 Å². The molecule has 0 spiro atoms. The fraction of sp³-hybridized carbons (Fsp3) is 0.929. The maximum absolute atomic E-state index is 5.31. The standard InChI is InChI=1S/C14H32N4O.HI/c1-7-15-13(16-9-10-19-8-2)17-11-14(3,4)12-18(5)6;/h7-12H2,1-6H3,(H2,15,16,17);1H. The monoisotopic (exact) mass is 400 g/mol. The van der Waals surface area contributed by atoms with Crippen molar-refractivity contribution in [3.63, 3.8) is 0 Å². The van der Waals surface area contributed by atoms with Crippen LogP contribution in [-0.4, -0.2) is 64.3 Å². The first kappa shape index (κ1) is 22.2. The van der Waals surface area contributed by atoms with Crippen molar-refractivity contribution < 1.29 is 4.74 Å². The van der Waals surface area contributed by atoms with Crippen LogP contribution in [0.2, 0.25) is 0 Å². The highest BCUT2D eigenvalue weighted by molar-refractivity contribution is 14.0. The average molecular weight is 400 g/mol. The summed E-state index contributed by atoms with van der Waals surface area (Å²) in [6.07, 6.45) is 0. The van der Waals surface area contributed by atoms with Crippen molar-refractivity contribution in [2.75, 3.05) is 53.5 Å². The molecular weight excluding hydrogens is 367 g/mol. The molecule has 20 heavy (non-hydrogen) atoms. The Kier molecular flexibility index (Phi) is 14.0. The molecule has 0 aromatic heterocycles. The smallest absolute Gasteiger partial charge is 0.191 e. The molecule has 0 fully saturated rings. The summed E-state index contributed by atoms with van der Waals surface area (Å²) in [6, 6.07) is 0. The normalized spacial score (nSPS) is 12.2. The van der Waals surface area contributed by atoms with Gasteiger partial charge in [0.25, 0.3) is 0 Å². The van der Waals surface area contributed by atoms with Gasteiger partial charge in [-0.15, -0.1) is 24.0 Å². The SMILES string of the molecule is CCNC(=NCC(C)(C)CN(C)C)NCCOCC.I. The molecule has 0 heterocycles. The second-order valence-corrected chi connectivity index (χ2v) is 5.72. The Balaban J connectivity index is 0. The summed E-state index contributed by atoms with van der Waals surface area (Å²) in [7, 11) is 4.19. The van der Waals surface area contributed by atoms with Crippen molar-refractivity contribution >= 4 is 29.9 Å². The highest BCUT2D eigenvalue weighted by Gasteiger charge is 2.18. The van der Waals surface area contributed by atoms with Crippen molar-refractivity contribution in [2.45, 2.75) is 27.7 Å². The number of hydrogen-bond donors (Lipinski definition) is 2. The first-order chi connectivity index (χ1) is 8.91. The van der Waals surface area contributed by atoms with Crippen LogP contribution in [0.15, 0.2) is 4.99 Å². The summed E-state index contributed by atoms with van der Waals surface area (Å²) in [6.45, 7) is 13.5. The van der Waals surface area contributed by atoms with E-state index in [1.165, 1.54) is 0 Å². The number of guanidine groups is 1. The van der Waals surface area contributed by atoms with Gasteiger partial charge in [0.1, 0.15) is 0 Å². The minimum atomic E-state index is 0. The topological polar surface area (TPSA) is 48.9 Å². The highest BCUT2D eigenvalue weighted by atomic mass is 127. The van der Waals surface area contributed by atoms with E-state index < -0.39 is 0 Å². The molecule has 0 aromatic rings. The second kappa shape index (κ2) is 12.6. The van der Waals surface area contributed by atoms with E-state index in [0.717, 1.165) is 38.7 Å². The van der Waals surface area contributed by atoms with Crippen molar-refractivity contribution in [1.29, 1.82) is 0 Å². The number of aliphatic imine (C=N–C) groups is 1. The third kappa shape index (κ3) is 12.9. The Morgan fingerprint density at radius 2 is 1.85 bits per heavy atom. The van der Waals surface area contributed by atoms with Crippen molar-refractivity contribution in [3.05, 3.63) is 0 Å². The number of hydrogen-bond acceptors (Lipinski definition) is 3. The Morgan fingerprint density at radius 3 is 2.35 bits per heavy atom. The second-order valence-electron chi connectivity index (χ2n) is 5.72. The average Bonchev–Trinajstić information content (AvgIpc) is 2.30. The summed E-state index contributed by atoms with van der Waals surface area (Å²) in [5.74, 6) is 0.869. The summed E-state index contributed by atoms with van der Waals surface area (Å²) in [5, 5.41) is 6.54. The van der Waals surface area contributed by atoms with Gasteiger partial charge in [-0.05, 0) is 33.4 Å². The fourth-order valence-corrected chi connectivity index (χ4v) is 1.93. The van der Waals surface area contributed by atoms with Crippen LogP contribution in [0.4, 0.5) is 0 Å². The largest absolute Gasteiger partial charge is 0.380 e. The lowest BCUT2D eigenvalue weighted by Gasteiger charge is -2.26. The summed E-state index contributed by atoms with van der Waals surface area (Å²) in [4.78, 5) is 6.85. The Bertz CT molecular complexity index is 258. The molecule has 0 rings (SSSR count). The van der Waals surface area contributed by atoms with Gasteiger partial charge in [0.05, 0.1) is 6.61 Å². The van der Waals surface area contributed by atoms with Crippen LogP contribution in [0.25, 0.3) is 0 Å². The molecule has 0 amide bonds. The molecule has 0 radical (unpaired) electrons. The van der Waals surface area contributed by atoms with Crippen molar-refractivity contribution in [3.8, 4) is 0 Å². The minimum Gasteiger partial charge on any atom is -0.380 e. The number of ether oxygens (including phenoxy) is 1. The quantitative estimate of drug-likeness (QED) is 0.268. The third-order valence-corrected chi connectivity index (χ3v) is 2.50. The molecule has 0 saturated heterocycles. The third-order valence-electron chi connectivity index (χ3n) is 2.50. The lowest BCUT2D eigenvalue weighted by molar-refractivity contribution is 0.152. The van der Waals surface area contributed by atoms with Crippen LogP contribution in [-0.2, 0) is 4.74 Å². The molecular formula is C14H33IN4O. The zero-order valence-corrected chi connectivity index (χ0v) is 16.3. The van der Waals surface area contributed by atoms with E-state index in [1.54, 1.807) is 0 Å². The first-order valence-corrected chi connectivity index (χ1v) is 7.16. The summed E-state index contributed by atoms with van der Waals surface area (Å²) in [5.41, 5.74) is 0.172. The number of rotatable bonds is 9. The van der Waals surface area contributed by atoms with Crippen LogP contribution in [0, 0.1) is 5.41 Å². The van der Waals surface area contributed by atoms with Gasteiger partial charge < -0.3 is 20.3 Å². The van der Waals surface area contributed by atoms with E-state index in [4.69, 9.17) is 4.74 Å². The Hall–Kier alpha value is -0.0800. The predicted molar refractivity (Wildman–Crippen MR) is 98.2 cm³/mol. The lowest BCUT2D eigenvalue weighted by atomic mass is 9.93. The van der Waals surface area contributed by atoms with Crippen LogP contribution in [0.3, 0.4) is 0 Å². The van der Waals surface area contributed by atoms with E-state index in [0.29, 0.717) is 6.61 Å². The molecule has 5 nitrogen and oxygen atoms in total. The van der Waals surface area contributed by atoms with Gasteiger partial charge in [-0.1, -0.05) is 13.8 Å². The highest BCUT2D eigenvalue weighted by Crippen LogP contribution is 2.15. The van der Waals surface area contributed by atoms with E-state index >= 15 is 0 Å². The summed E-state index contributed by atoms with van der Waals surface area (Å²) < 4.78 is 5.31. The van der Waals surface area contributed by atoms with E-state index in [2.05, 4.69) is 55.4 Å². The van der Waals surface area contributed by atoms with Crippen molar-refractivity contribution in [2.24, 2.45) is 10.4 Å². The van der Waals surface area contributed by atoms with Gasteiger partial charge in [0.15, 0.2) is 5.96 Å². The van der Waals surface area contributed by atoms with Gasteiger partial charge >= 0.3 is 0 Å². The molecule has 0 aliphatic heterocycles. The molecule has 2 N–H and O–H groups in total. The first-order valence-electron chi connectivity index (χ1n) is 7.16. The predicted octanol–water partition coefficient (Wildman–Crippen LogP) is 1.78. The Morgan fingerprint density at radius 1 is 1.20 bits per heavy atom. The molecule has 0 aromatic carbocycles. The lowest BCUT2D eigenvalue weighted by Crippen LogP contribution is -2.40. The molecule has 122 valence electrons. The molecule has 0 unspecified atom stereocenters. The number of nitrogens with one attached hydrogen (secondary N) is 2. The van der Waals surface area contributed by atoms with Gasteiger partial charge in [-0.2, -0.15) is 0 Å². The fourth-order valence-electron chi connectivity index (χ4n) is 1.93. The minimum absolute atomic E-state index is 0. The number of nitrogens with zero attached hydrogens (tertiary/aromatic N) is 2. The van der Waals surface area contributed by atoms with Crippen LogP contribution in [0.1, 0.15) is 27.7 Å². The zero-order valence-electron chi connectivity index (χ0n) is 14.0. The van der Waals surface area contributed by atoms with Gasteiger partial charge in [-0.25, -0.2) is 0 Å². The molecule has 0 saturated carbocycles. The van der Waals surface area contributed by atoms with Crippen LogP contribution >= 0.6 is 24.0 Å².